The Hall–Kier alpha value is -3.26. The van der Waals surface area contributed by atoms with Crippen molar-refractivity contribution < 1.29 is 14.0 Å². The molecule has 0 spiro atoms. The number of hydrogen-bond donors (Lipinski definition) is 2. The second-order valence-corrected chi connectivity index (χ2v) is 4.49. The fourth-order valence-electron chi connectivity index (χ4n) is 1.44. The van der Waals surface area contributed by atoms with Crippen LogP contribution >= 0.6 is 0 Å². The zero-order valence-corrected chi connectivity index (χ0v) is 15.1. The van der Waals surface area contributed by atoms with Crippen molar-refractivity contribution in [2.24, 2.45) is 0 Å². The summed E-state index contributed by atoms with van der Waals surface area (Å²) >= 11 is 0. The minimum atomic E-state index is -0.398. The molecule has 0 fully saturated rings. The summed E-state index contributed by atoms with van der Waals surface area (Å²) in [6.07, 6.45) is 3.08. The van der Waals surface area contributed by atoms with Crippen LogP contribution in [0.3, 0.4) is 0 Å². The van der Waals surface area contributed by atoms with Crippen molar-refractivity contribution in [3.8, 4) is 11.8 Å². The molecule has 0 aliphatic heterocycles. The molecule has 0 atom stereocenters. The molecular formula is C20H24N2O3. The van der Waals surface area contributed by atoms with Gasteiger partial charge in [0.1, 0.15) is 6.26 Å². The SMILES string of the molecule is C=CC.CC.CC(=O)C#Cc1coc(C(=O)Nc2ccc(N)cc2)c1. The molecule has 5 nitrogen and oxygen atoms in total. The predicted molar refractivity (Wildman–Crippen MR) is 102 cm³/mol. The van der Waals surface area contributed by atoms with Gasteiger partial charge in [0, 0.05) is 24.4 Å². The highest BCUT2D eigenvalue weighted by Gasteiger charge is 2.10. The van der Waals surface area contributed by atoms with Gasteiger partial charge >= 0.3 is 0 Å². The Balaban J connectivity index is 0.00000104. The Morgan fingerprint density at radius 2 is 1.80 bits per heavy atom. The summed E-state index contributed by atoms with van der Waals surface area (Å²) in [4.78, 5) is 22.6. The Labute approximate surface area is 148 Å². The van der Waals surface area contributed by atoms with Gasteiger partial charge in [-0.25, -0.2) is 0 Å². The van der Waals surface area contributed by atoms with Gasteiger partial charge in [0.2, 0.25) is 5.78 Å². The standard InChI is InChI=1S/C15H12N2O3.C3H6.C2H6/c1-10(18)2-3-11-8-14(20-9-11)15(19)17-13-6-4-12(16)5-7-13;1-3-2;1-2/h4-9H,16H2,1H3,(H,17,19);3H,1H2,2H3;1-2H3. The Bertz CT molecular complexity index is 747. The number of nitrogens with one attached hydrogen (secondary N) is 1. The fraction of sp³-hybridized carbons (Fsp3) is 0.200. The molecule has 0 saturated carbocycles. The molecule has 1 heterocycles. The van der Waals surface area contributed by atoms with Gasteiger partial charge in [-0.05, 0) is 37.1 Å². The lowest BCUT2D eigenvalue weighted by atomic mass is 10.2. The molecule has 2 aromatic rings. The van der Waals surface area contributed by atoms with Crippen molar-refractivity contribution in [2.45, 2.75) is 27.7 Å². The average Bonchev–Trinajstić information content (AvgIpc) is 3.07. The molecule has 2 rings (SSSR count). The van der Waals surface area contributed by atoms with E-state index in [-0.39, 0.29) is 11.5 Å². The number of rotatable bonds is 2. The summed E-state index contributed by atoms with van der Waals surface area (Å²) in [5, 5.41) is 2.66. The second-order valence-electron chi connectivity index (χ2n) is 4.49. The fourth-order valence-corrected chi connectivity index (χ4v) is 1.44. The second kappa shape index (κ2) is 12.2. The highest BCUT2D eigenvalue weighted by molar-refractivity contribution is 6.02. The summed E-state index contributed by atoms with van der Waals surface area (Å²) in [5.41, 5.74) is 7.25. The lowest BCUT2D eigenvalue weighted by molar-refractivity contribution is -0.111. The van der Waals surface area contributed by atoms with Crippen molar-refractivity contribution in [3.63, 3.8) is 0 Å². The Kier molecular flexibility index (Phi) is 10.6. The lowest BCUT2D eigenvalue weighted by Gasteiger charge is -2.02. The van der Waals surface area contributed by atoms with Crippen molar-refractivity contribution in [1.82, 2.24) is 0 Å². The van der Waals surface area contributed by atoms with E-state index in [0.29, 0.717) is 16.9 Å². The number of nitrogen functional groups attached to an aromatic ring is 1. The van der Waals surface area contributed by atoms with Crippen LogP contribution in [-0.2, 0) is 4.79 Å². The van der Waals surface area contributed by atoms with Crippen molar-refractivity contribution in [2.75, 3.05) is 11.1 Å². The highest BCUT2D eigenvalue weighted by atomic mass is 16.3. The van der Waals surface area contributed by atoms with Crippen LogP contribution in [0.4, 0.5) is 11.4 Å². The van der Waals surface area contributed by atoms with Gasteiger partial charge in [-0.3, -0.25) is 9.59 Å². The van der Waals surface area contributed by atoms with Crippen LogP contribution in [0.2, 0.25) is 0 Å². The Morgan fingerprint density at radius 1 is 1.24 bits per heavy atom. The first-order valence-electron chi connectivity index (χ1n) is 7.81. The van der Waals surface area contributed by atoms with Crippen molar-refractivity contribution in [1.29, 1.82) is 0 Å². The third-order valence-electron chi connectivity index (χ3n) is 2.37. The molecule has 5 heteroatoms. The van der Waals surface area contributed by atoms with Gasteiger partial charge in [-0.1, -0.05) is 25.8 Å². The molecule has 0 radical (unpaired) electrons. The van der Waals surface area contributed by atoms with Gasteiger partial charge in [-0.15, -0.1) is 6.58 Å². The summed E-state index contributed by atoms with van der Waals surface area (Å²) in [6.45, 7) is 10.6. The molecule has 3 N–H and O–H groups in total. The van der Waals surface area contributed by atoms with Crippen LogP contribution in [0.1, 0.15) is 43.8 Å². The zero-order chi connectivity index (χ0) is 19.2. The third kappa shape index (κ3) is 8.82. The minimum absolute atomic E-state index is 0.120. The summed E-state index contributed by atoms with van der Waals surface area (Å²) in [7, 11) is 0. The van der Waals surface area contributed by atoms with Gasteiger partial charge in [0.05, 0.1) is 5.56 Å². The lowest BCUT2D eigenvalue weighted by Crippen LogP contribution is -2.10. The van der Waals surface area contributed by atoms with E-state index < -0.39 is 5.91 Å². The van der Waals surface area contributed by atoms with E-state index >= 15 is 0 Å². The molecule has 132 valence electrons. The average molecular weight is 340 g/mol. The van der Waals surface area contributed by atoms with Crippen LogP contribution in [-0.4, -0.2) is 11.7 Å². The zero-order valence-electron chi connectivity index (χ0n) is 15.1. The first kappa shape index (κ1) is 21.7. The smallest absolute Gasteiger partial charge is 0.291 e. The molecule has 1 aromatic heterocycles. The van der Waals surface area contributed by atoms with E-state index in [0.717, 1.165) is 0 Å². The van der Waals surface area contributed by atoms with Crippen LogP contribution in [0, 0.1) is 11.8 Å². The number of allylic oxidation sites excluding steroid dienone is 1. The number of carbonyl (C=O) groups excluding carboxylic acids is 2. The molecule has 0 saturated heterocycles. The van der Waals surface area contributed by atoms with Gasteiger partial charge in [-0.2, -0.15) is 0 Å². The number of nitrogens with two attached hydrogens (primary N) is 1. The van der Waals surface area contributed by atoms with E-state index in [2.05, 4.69) is 23.7 Å². The van der Waals surface area contributed by atoms with Crippen LogP contribution < -0.4 is 11.1 Å². The maximum atomic E-state index is 11.9. The summed E-state index contributed by atoms with van der Waals surface area (Å²) < 4.78 is 5.10. The number of ketones is 1. The molecular weight excluding hydrogens is 316 g/mol. The van der Waals surface area contributed by atoms with Gasteiger partial charge < -0.3 is 15.5 Å². The highest BCUT2D eigenvalue weighted by Crippen LogP contribution is 2.13. The molecule has 0 bridgehead atoms. The van der Waals surface area contributed by atoms with E-state index in [4.69, 9.17) is 10.2 Å². The normalized spacial score (nSPS) is 8.32. The summed E-state index contributed by atoms with van der Waals surface area (Å²) in [6, 6.07) is 8.21. The quantitative estimate of drug-likeness (QED) is 0.485. The molecule has 1 aromatic carbocycles. The van der Waals surface area contributed by atoms with Crippen molar-refractivity contribution >= 4 is 23.1 Å². The number of carbonyl (C=O) groups is 2. The topological polar surface area (TPSA) is 85.3 Å². The largest absolute Gasteiger partial charge is 0.458 e. The molecule has 1 amide bonds. The number of benzene rings is 1. The Morgan fingerprint density at radius 3 is 2.32 bits per heavy atom. The van der Waals surface area contributed by atoms with Crippen LogP contribution in [0.15, 0.2) is 53.7 Å². The van der Waals surface area contributed by atoms with E-state index in [1.165, 1.54) is 19.3 Å². The van der Waals surface area contributed by atoms with Crippen LogP contribution in [0.25, 0.3) is 0 Å². The predicted octanol–water partition coefficient (Wildman–Crippen LogP) is 4.27. The monoisotopic (exact) mass is 340 g/mol. The molecule has 0 aliphatic carbocycles. The number of furan rings is 1. The minimum Gasteiger partial charge on any atom is -0.458 e. The first-order chi connectivity index (χ1) is 12.0. The molecule has 0 unspecified atom stereocenters. The van der Waals surface area contributed by atoms with Crippen LogP contribution in [0.5, 0.6) is 0 Å². The van der Waals surface area contributed by atoms with Crippen molar-refractivity contribution in [3.05, 3.63) is 60.6 Å². The molecule has 0 aliphatic rings. The number of anilines is 2. The van der Waals surface area contributed by atoms with Gasteiger partial charge in [0.15, 0.2) is 5.76 Å². The van der Waals surface area contributed by atoms with E-state index in [1.807, 2.05) is 20.8 Å². The van der Waals surface area contributed by atoms with E-state index in [1.54, 1.807) is 30.3 Å². The number of amides is 1. The summed E-state index contributed by atoms with van der Waals surface area (Å²) in [5.74, 6) is 4.45. The number of hydrogen-bond acceptors (Lipinski definition) is 4. The number of Topliss-reactive ketones (excluding diaryl/α,β-unsaturated/α-hetero) is 1. The maximum Gasteiger partial charge on any atom is 0.291 e. The maximum absolute atomic E-state index is 11.9. The third-order valence-corrected chi connectivity index (χ3v) is 2.37. The van der Waals surface area contributed by atoms with E-state index in [9.17, 15) is 9.59 Å². The van der Waals surface area contributed by atoms with Gasteiger partial charge in [0.25, 0.3) is 5.91 Å². The first-order valence-corrected chi connectivity index (χ1v) is 7.81. The molecule has 25 heavy (non-hydrogen) atoms.